The first kappa shape index (κ1) is 12.6. The molecule has 0 aliphatic heterocycles. The number of benzene rings is 1. The highest BCUT2D eigenvalue weighted by atomic mass is 79.9. The standard InChI is InChI=1S/C13H19BrO/c1-3-5-7-11-8-12(14)10(6-4-2)9-13(11)15/h8-9,15H,3-7H2,1-2H3. The molecule has 0 unspecified atom stereocenters. The average Bonchev–Trinajstić information content (AvgIpc) is 2.21. The molecule has 0 aromatic heterocycles. The van der Waals surface area contributed by atoms with Gasteiger partial charge in [-0.25, -0.2) is 0 Å². The van der Waals surface area contributed by atoms with Crippen LogP contribution in [-0.2, 0) is 12.8 Å². The van der Waals surface area contributed by atoms with Gasteiger partial charge >= 0.3 is 0 Å². The maximum Gasteiger partial charge on any atom is 0.119 e. The van der Waals surface area contributed by atoms with Gasteiger partial charge in [0.1, 0.15) is 5.75 Å². The van der Waals surface area contributed by atoms with Gasteiger partial charge < -0.3 is 5.11 Å². The van der Waals surface area contributed by atoms with Gasteiger partial charge in [0.15, 0.2) is 0 Å². The summed E-state index contributed by atoms with van der Waals surface area (Å²) in [6, 6.07) is 3.97. The van der Waals surface area contributed by atoms with Crippen molar-refractivity contribution < 1.29 is 5.11 Å². The Morgan fingerprint density at radius 3 is 2.40 bits per heavy atom. The van der Waals surface area contributed by atoms with Gasteiger partial charge in [0, 0.05) is 4.47 Å². The van der Waals surface area contributed by atoms with Gasteiger partial charge in [-0.3, -0.25) is 0 Å². The number of hydrogen-bond acceptors (Lipinski definition) is 1. The van der Waals surface area contributed by atoms with Crippen molar-refractivity contribution in [3.05, 3.63) is 27.7 Å². The summed E-state index contributed by atoms with van der Waals surface area (Å²) in [6.07, 6.45) is 5.38. The number of phenols is 1. The first-order valence-electron chi connectivity index (χ1n) is 5.69. The minimum atomic E-state index is 0.454. The van der Waals surface area contributed by atoms with Gasteiger partial charge in [0.05, 0.1) is 0 Å². The molecule has 0 bridgehead atoms. The maximum absolute atomic E-state index is 9.85. The number of phenolic OH excluding ortho intramolecular Hbond substituents is 1. The topological polar surface area (TPSA) is 20.2 Å². The monoisotopic (exact) mass is 270 g/mol. The van der Waals surface area contributed by atoms with Crippen molar-refractivity contribution in [1.29, 1.82) is 0 Å². The fourth-order valence-corrected chi connectivity index (χ4v) is 2.26. The predicted octanol–water partition coefficient (Wildman–Crippen LogP) is 4.45. The molecule has 0 fully saturated rings. The molecule has 0 aliphatic carbocycles. The molecule has 1 N–H and O–H groups in total. The third-order valence-corrected chi connectivity index (χ3v) is 3.30. The second-order valence-electron chi connectivity index (χ2n) is 3.93. The van der Waals surface area contributed by atoms with Crippen molar-refractivity contribution >= 4 is 15.9 Å². The molecule has 15 heavy (non-hydrogen) atoms. The van der Waals surface area contributed by atoms with Crippen molar-refractivity contribution in [2.75, 3.05) is 0 Å². The number of aryl methyl sites for hydroxylation is 2. The molecule has 84 valence electrons. The van der Waals surface area contributed by atoms with Gasteiger partial charge in [-0.1, -0.05) is 42.6 Å². The summed E-state index contributed by atoms with van der Waals surface area (Å²) in [5.74, 6) is 0.454. The molecule has 0 saturated carbocycles. The summed E-state index contributed by atoms with van der Waals surface area (Å²) in [4.78, 5) is 0. The van der Waals surface area contributed by atoms with Gasteiger partial charge in [0.2, 0.25) is 0 Å². The van der Waals surface area contributed by atoms with E-state index >= 15 is 0 Å². The third-order valence-electron chi connectivity index (χ3n) is 2.57. The van der Waals surface area contributed by atoms with Crippen LogP contribution < -0.4 is 0 Å². The van der Waals surface area contributed by atoms with Crippen LogP contribution >= 0.6 is 15.9 Å². The third kappa shape index (κ3) is 3.53. The zero-order valence-corrected chi connectivity index (χ0v) is 11.1. The lowest BCUT2D eigenvalue weighted by Crippen LogP contribution is -1.91. The summed E-state index contributed by atoms with van der Waals surface area (Å²) < 4.78 is 1.13. The first-order chi connectivity index (χ1) is 7.19. The lowest BCUT2D eigenvalue weighted by molar-refractivity contribution is 0.466. The molecule has 0 saturated heterocycles. The molecule has 1 nitrogen and oxygen atoms in total. The van der Waals surface area contributed by atoms with Crippen LogP contribution in [-0.4, -0.2) is 5.11 Å². The average molecular weight is 271 g/mol. The van der Waals surface area contributed by atoms with Crippen LogP contribution in [0.3, 0.4) is 0 Å². The molecule has 1 aromatic rings. The fraction of sp³-hybridized carbons (Fsp3) is 0.538. The van der Waals surface area contributed by atoms with E-state index in [4.69, 9.17) is 0 Å². The van der Waals surface area contributed by atoms with Crippen molar-refractivity contribution in [3.63, 3.8) is 0 Å². The Bertz CT molecular complexity index is 321. The van der Waals surface area contributed by atoms with E-state index in [9.17, 15) is 5.11 Å². The number of aromatic hydroxyl groups is 1. The second kappa shape index (κ2) is 6.16. The van der Waals surface area contributed by atoms with E-state index in [0.29, 0.717) is 5.75 Å². The van der Waals surface area contributed by atoms with Gasteiger partial charge in [-0.2, -0.15) is 0 Å². The van der Waals surface area contributed by atoms with Crippen LogP contribution in [0.5, 0.6) is 5.75 Å². The van der Waals surface area contributed by atoms with E-state index < -0.39 is 0 Å². The smallest absolute Gasteiger partial charge is 0.119 e. The summed E-state index contributed by atoms with van der Waals surface area (Å²) in [7, 11) is 0. The van der Waals surface area contributed by atoms with Crippen LogP contribution in [0.4, 0.5) is 0 Å². The normalized spacial score (nSPS) is 10.6. The summed E-state index contributed by atoms with van der Waals surface area (Å²) in [6.45, 7) is 4.31. The highest BCUT2D eigenvalue weighted by Gasteiger charge is 2.06. The van der Waals surface area contributed by atoms with Crippen LogP contribution in [0, 0.1) is 0 Å². The molecule has 2 heteroatoms. The largest absolute Gasteiger partial charge is 0.508 e. The van der Waals surface area contributed by atoms with E-state index in [1.165, 1.54) is 5.56 Å². The van der Waals surface area contributed by atoms with Gasteiger partial charge in [-0.05, 0) is 42.5 Å². The molecule has 1 aromatic carbocycles. The Labute approximate surface area is 101 Å². The van der Waals surface area contributed by atoms with E-state index in [1.807, 2.05) is 6.07 Å². The number of halogens is 1. The SMILES string of the molecule is CCCCc1cc(Br)c(CCC)cc1O. The molecule has 0 heterocycles. The number of hydrogen-bond donors (Lipinski definition) is 1. The Morgan fingerprint density at radius 1 is 1.07 bits per heavy atom. The molecule has 0 spiro atoms. The number of rotatable bonds is 5. The van der Waals surface area contributed by atoms with Crippen molar-refractivity contribution in [1.82, 2.24) is 0 Å². The van der Waals surface area contributed by atoms with Crippen LogP contribution in [0.15, 0.2) is 16.6 Å². The van der Waals surface area contributed by atoms with Crippen molar-refractivity contribution in [3.8, 4) is 5.75 Å². The molecule has 0 atom stereocenters. The van der Waals surface area contributed by atoms with Crippen LogP contribution in [0.2, 0.25) is 0 Å². The Hall–Kier alpha value is -0.500. The molecule has 0 radical (unpaired) electrons. The Morgan fingerprint density at radius 2 is 1.80 bits per heavy atom. The Kier molecular flexibility index (Phi) is 5.16. The van der Waals surface area contributed by atoms with E-state index in [1.54, 1.807) is 0 Å². The molecular weight excluding hydrogens is 252 g/mol. The summed E-state index contributed by atoms with van der Waals surface area (Å²) >= 11 is 3.56. The minimum Gasteiger partial charge on any atom is -0.508 e. The lowest BCUT2D eigenvalue weighted by atomic mass is 10.0. The fourth-order valence-electron chi connectivity index (χ4n) is 1.67. The quantitative estimate of drug-likeness (QED) is 0.838. The van der Waals surface area contributed by atoms with Gasteiger partial charge in [-0.15, -0.1) is 0 Å². The van der Waals surface area contributed by atoms with Crippen LogP contribution in [0.25, 0.3) is 0 Å². The predicted molar refractivity (Wildman–Crippen MR) is 68.4 cm³/mol. The lowest BCUT2D eigenvalue weighted by Gasteiger charge is -2.09. The van der Waals surface area contributed by atoms with Crippen molar-refractivity contribution in [2.45, 2.75) is 46.0 Å². The number of unbranched alkanes of at least 4 members (excludes halogenated alkanes) is 1. The molecular formula is C13H19BrO. The first-order valence-corrected chi connectivity index (χ1v) is 6.48. The minimum absolute atomic E-state index is 0.454. The maximum atomic E-state index is 9.85. The molecule has 0 aliphatic rings. The van der Waals surface area contributed by atoms with E-state index in [0.717, 1.165) is 42.1 Å². The second-order valence-corrected chi connectivity index (χ2v) is 4.78. The zero-order chi connectivity index (χ0) is 11.3. The summed E-state index contributed by atoms with van der Waals surface area (Å²) in [5, 5.41) is 9.85. The Balaban J connectivity index is 2.87. The van der Waals surface area contributed by atoms with Gasteiger partial charge in [0.25, 0.3) is 0 Å². The zero-order valence-electron chi connectivity index (χ0n) is 9.52. The summed E-state index contributed by atoms with van der Waals surface area (Å²) in [5.41, 5.74) is 2.26. The van der Waals surface area contributed by atoms with E-state index in [2.05, 4.69) is 35.8 Å². The van der Waals surface area contributed by atoms with Crippen molar-refractivity contribution in [2.24, 2.45) is 0 Å². The van der Waals surface area contributed by atoms with Crippen LogP contribution in [0.1, 0.15) is 44.2 Å². The molecule has 0 amide bonds. The molecule has 1 rings (SSSR count). The highest BCUT2D eigenvalue weighted by Crippen LogP contribution is 2.28. The highest BCUT2D eigenvalue weighted by molar-refractivity contribution is 9.10. The van der Waals surface area contributed by atoms with E-state index in [-0.39, 0.29) is 0 Å².